The number of allylic oxidation sites excluding steroid dienone is 4. The van der Waals surface area contributed by atoms with Crippen molar-refractivity contribution in [3.63, 3.8) is 0 Å². The van der Waals surface area contributed by atoms with Gasteiger partial charge in [-0.1, -0.05) is 34.8 Å². The summed E-state index contributed by atoms with van der Waals surface area (Å²) in [6, 6.07) is 10.2. The third-order valence-electron chi connectivity index (χ3n) is 5.13. The van der Waals surface area contributed by atoms with Gasteiger partial charge >= 0.3 is 0 Å². The summed E-state index contributed by atoms with van der Waals surface area (Å²) in [5.41, 5.74) is 16.3. The van der Waals surface area contributed by atoms with Crippen molar-refractivity contribution in [2.45, 2.75) is 25.7 Å². The fourth-order valence-corrected chi connectivity index (χ4v) is 4.29. The van der Waals surface area contributed by atoms with Gasteiger partial charge in [-0.25, -0.2) is 0 Å². The minimum absolute atomic E-state index is 0.114. The molecule has 1 heterocycles. The number of anilines is 1. The number of H-pyrrole nitrogens is 1. The van der Waals surface area contributed by atoms with Gasteiger partial charge in [-0.15, -0.1) is 0 Å². The summed E-state index contributed by atoms with van der Waals surface area (Å²) in [6.07, 6.45) is 5.10. The zero-order chi connectivity index (χ0) is 21.3. The average Bonchev–Trinajstić information content (AvgIpc) is 3.06. The molecule has 0 unspecified atom stereocenters. The fourth-order valence-electron chi connectivity index (χ4n) is 3.74. The number of halogens is 3. The minimum Gasteiger partial charge on any atom is -0.370 e. The van der Waals surface area contributed by atoms with Crippen molar-refractivity contribution < 1.29 is 0 Å². The van der Waals surface area contributed by atoms with Crippen molar-refractivity contribution in [1.29, 1.82) is 0 Å². The monoisotopic (exact) mass is 461 g/mol. The maximum atomic E-state index is 6.26. The molecule has 1 aliphatic rings. The summed E-state index contributed by atoms with van der Waals surface area (Å²) in [7, 11) is 0. The fraction of sp³-hybridized carbons (Fsp3) is 0.227. The van der Waals surface area contributed by atoms with E-state index in [2.05, 4.69) is 27.4 Å². The second-order valence-corrected chi connectivity index (χ2v) is 8.63. The maximum absolute atomic E-state index is 6.26. The van der Waals surface area contributed by atoms with E-state index in [1.165, 1.54) is 5.56 Å². The number of aromatic amines is 1. The van der Waals surface area contributed by atoms with E-state index in [1.54, 1.807) is 0 Å². The molecule has 1 aromatic heterocycles. The molecule has 2 aromatic carbocycles. The normalized spacial score (nSPS) is 14.3. The van der Waals surface area contributed by atoms with Gasteiger partial charge in [-0.2, -0.15) is 0 Å². The predicted octanol–water partition coefficient (Wildman–Crippen LogP) is 5.96. The van der Waals surface area contributed by atoms with Gasteiger partial charge in [0.1, 0.15) is 0 Å². The number of benzene rings is 2. The van der Waals surface area contributed by atoms with Crippen LogP contribution in [0.2, 0.25) is 5.02 Å². The Bertz CT molecular complexity index is 1200. The first kappa shape index (κ1) is 20.9. The van der Waals surface area contributed by atoms with E-state index < -0.39 is 0 Å². The molecule has 0 amide bonds. The second kappa shape index (κ2) is 8.80. The molecule has 8 heteroatoms. The number of aromatic nitrogens is 1. The van der Waals surface area contributed by atoms with E-state index in [-0.39, 0.29) is 5.96 Å². The van der Waals surface area contributed by atoms with Gasteiger partial charge in [0, 0.05) is 49.8 Å². The molecule has 0 bridgehead atoms. The van der Waals surface area contributed by atoms with Crippen molar-refractivity contribution in [2.75, 3.05) is 11.9 Å². The largest absolute Gasteiger partial charge is 0.370 e. The number of fused-ring (bicyclic) bond motifs is 3. The van der Waals surface area contributed by atoms with Crippen LogP contribution in [-0.4, -0.2) is 17.5 Å². The Kier molecular flexibility index (Phi) is 6.14. The highest BCUT2D eigenvalue weighted by atomic mass is 35.5. The molecule has 6 N–H and O–H groups in total. The highest BCUT2D eigenvalue weighted by molar-refractivity contribution is 6.40. The number of nitrogens with zero attached hydrogens (tertiary/aromatic N) is 1. The average molecular weight is 463 g/mol. The predicted molar refractivity (Wildman–Crippen MR) is 129 cm³/mol. The molecule has 3 aromatic rings. The van der Waals surface area contributed by atoms with Crippen LogP contribution in [0.1, 0.15) is 24.8 Å². The van der Waals surface area contributed by atoms with E-state index in [0.717, 1.165) is 58.9 Å². The molecular formula is C22H22Cl3N5. The molecule has 156 valence electrons. The van der Waals surface area contributed by atoms with Crippen LogP contribution in [0.3, 0.4) is 0 Å². The number of nitrogens with two attached hydrogens (primary N) is 2. The smallest absolute Gasteiger partial charge is 0.185 e. The number of nitrogens with one attached hydrogen (secondary N) is 2. The summed E-state index contributed by atoms with van der Waals surface area (Å²) < 4.78 is 0. The highest BCUT2D eigenvalue weighted by Crippen LogP contribution is 2.35. The van der Waals surface area contributed by atoms with E-state index in [4.69, 9.17) is 46.3 Å². The Hall–Kier alpha value is -2.34. The van der Waals surface area contributed by atoms with E-state index in [0.29, 0.717) is 21.6 Å². The first-order chi connectivity index (χ1) is 14.4. The van der Waals surface area contributed by atoms with Crippen molar-refractivity contribution in [2.24, 2.45) is 16.5 Å². The summed E-state index contributed by atoms with van der Waals surface area (Å²) in [4.78, 5) is 7.63. The van der Waals surface area contributed by atoms with Gasteiger partial charge in [0.05, 0.1) is 5.03 Å². The van der Waals surface area contributed by atoms with E-state index in [9.17, 15) is 0 Å². The highest BCUT2D eigenvalue weighted by Gasteiger charge is 2.14. The van der Waals surface area contributed by atoms with Crippen LogP contribution in [-0.2, 0) is 6.42 Å². The van der Waals surface area contributed by atoms with Gasteiger partial charge < -0.3 is 21.8 Å². The van der Waals surface area contributed by atoms with Crippen LogP contribution in [0.25, 0.3) is 21.8 Å². The second-order valence-electron chi connectivity index (χ2n) is 7.33. The molecular weight excluding hydrogens is 441 g/mol. The third kappa shape index (κ3) is 4.53. The van der Waals surface area contributed by atoms with Crippen LogP contribution in [0.15, 0.2) is 57.2 Å². The van der Waals surface area contributed by atoms with E-state index >= 15 is 0 Å². The molecule has 0 fully saturated rings. The lowest BCUT2D eigenvalue weighted by Gasteiger charge is -2.17. The lowest BCUT2D eigenvalue weighted by Crippen LogP contribution is -2.23. The zero-order valence-electron chi connectivity index (χ0n) is 16.2. The zero-order valence-corrected chi connectivity index (χ0v) is 18.5. The van der Waals surface area contributed by atoms with Crippen molar-refractivity contribution in [3.05, 3.63) is 62.8 Å². The molecule has 0 aliphatic heterocycles. The quantitative estimate of drug-likeness (QED) is 0.207. The van der Waals surface area contributed by atoms with Gasteiger partial charge in [0.15, 0.2) is 5.96 Å². The molecule has 5 nitrogen and oxygen atoms in total. The molecule has 4 rings (SSSR count). The van der Waals surface area contributed by atoms with Crippen LogP contribution in [0.4, 0.5) is 5.69 Å². The molecule has 0 spiro atoms. The summed E-state index contributed by atoms with van der Waals surface area (Å²) >= 11 is 18.6. The van der Waals surface area contributed by atoms with Crippen molar-refractivity contribution >= 4 is 68.3 Å². The molecule has 30 heavy (non-hydrogen) atoms. The number of guanidine groups is 1. The molecule has 0 atom stereocenters. The number of aryl methyl sites for hydroxylation is 1. The molecule has 1 aliphatic carbocycles. The number of hydrogen-bond donors (Lipinski definition) is 4. The van der Waals surface area contributed by atoms with Crippen LogP contribution < -0.4 is 16.8 Å². The number of aliphatic imine (C=N–C) groups is 1. The van der Waals surface area contributed by atoms with Crippen molar-refractivity contribution in [3.8, 4) is 0 Å². The van der Waals surface area contributed by atoms with E-state index in [1.807, 2.05) is 24.3 Å². The molecule has 0 saturated carbocycles. The van der Waals surface area contributed by atoms with Crippen LogP contribution >= 0.6 is 34.8 Å². The Morgan fingerprint density at radius 1 is 1.07 bits per heavy atom. The summed E-state index contributed by atoms with van der Waals surface area (Å²) in [5.74, 6) is 0.114. The van der Waals surface area contributed by atoms with Crippen LogP contribution in [0, 0.1) is 0 Å². The molecule has 0 saturated heterocycles. The van der Waals surface area contributed by atoms with Gasteiger partial charge in [0.25, 0.3) is 0 Å². The molecule has 0 radical (unpaired) electrons. The Morgan fingerprint density at radius 2 is 1.90 bits per heavy atom. The minimum atomic E-state index is 0.114. The Balaban J connectivity index is 1.74. The number of hydrogen-bond acceptors (Lipinski definition) is 2. The number of rotatable bonds is 6. The topological polar surface area (TPSA) is 92.2 Å². The summed E-state index contributed by atoms with van der Waals surface area (Å²) in [6.45, 7) is 0.581. The van der Waals surface area contributed by atoms with Gasteiger partial charge in [-0.3, -0.25) is 4.99 Å². The Morgan fingerprint density at radius 3 is 2.67 bits per heavy atom. The lowest BCUT2D eigenvalue weighted by atomic mass is 10.0. The summed E-state index contributed by atoms with van der Waals surface area (Å²) in [5, 5.41) is 7.71. The van der Waals surface area contributed by atoms with Gasteiger partial charge in [0.2, 0.25) is 0 Å². The third-order valence-corrected chi connectivity index (χ3v) is 6.19. The Labute approximate surface area is 189 Å². The van der Waals surface area contributed by atoms with Crippen molar-refractivity contribution in [1.82, 2.24) is 4.98 Å². The van der Waals surface area contributed by atoms with Crippen LogP contribution in [0.5, 0.6) is 0 Å². The first-order valence-electron chi connectivity index (χ1n) is 9.71. The maximum Gasteiger partial charge on any atom is 0.185 e. The standard InChI is InChI=1S/C22H22Cl3N5/c23-13-3-6-20-16(9-13)17-10-15(29-14-4-5-18(24)19(25)11-14)8-12(21(17)30-20)2-1-7-28-22(26)27/h3,6,8-11,29-30H,1-2,4-5,7H2,(H4,26,27,28). The first-order valence-corrected chi connectivity index (χ1v) is 10.8. The van der Waals surface area contributed by atoms with Gasteiger partial charge in [-0.05, 0) is 67.7 Å². The lowest BCUT2D eigenvalue weighted by molar-refractivity contribution is 0.834. The SMILES string of the molecule is NC(N)=NCCCc1cc(NC2=CC(Cl)=C(Cl)CC2)cc2c1[nH]c1ccc(Cl)cc12.